The lowest BCUT2D eigenvalue weighted by Crippen LogP contribution is -2.25. The average molecular weight is 271 g/mol. The molecule has 2 atom stereocenters. The molecule has 104 valence electrons. The second-order valence-electron chi connectivity index (χ2n) is 5.44. The first kappa shape index (κ1) is 13.1. The molecule has 1 heterocycles. The Morgan fingerprint density at radius 3 is 2.55 bits per heavy atom. The summed E-state index contributed by atoms with van der Waals surface area (Å²) in [5, 5.41) is 0. The first-order chi connectivity index (χ1) is 9.56. The molecule has 2 N–H and O–H groups in total. The Balaban J connectivity index is 2.01. The van der Waals surface area contributed by atoms with Crippen LogP contribution in [-0.2, 0) is 0 Å². The molecule has 2 nitrogen and oxygen atoms in total. The summed E-state index contributed by atoms with van der Waals surface area (Å²) in [5.74, 6) is 0.422. The van der Waals surface area contributed by atoms with Crippen LogP contribution < -0.4 is 10.5 Å². The normalized spacial score (nSPS) is 21.2. The van der Waals surface area contributed by atoms with Gasteiger partial charge in [0, 0.05) is 18.0 Å². The summed E-state index contributed by atoms with van der Waals surface area (Å²) in [5.41, 5.74) is 10.5. The van der Waals surface area contributed by atoms with Crippen molar-refractivity contribution in [1.82, 2.24) is 0 Å². The van der Waals surface area contributed by atoms with Gasteiger partial charge in [-0.1, -0.05) is 18.2 Å². The summed E-state index contributed by atoms with van der Waals surface area (Å²) in [6, 6.07) is 10.6. The van der Waals surface area contributed by atoms with Crippen molar-refractivity contribution in [2.45, 2.75) is 32.4 Å². The number of ether oxygens (including phenoxy) is 1. The van der Waals surface area contributed by atoms with Gasteiger partial charge in [-0.3, -0.25) is 0 Å². The van der Waals surface area contributed by atoms with Crippen LogP contribution in [0.1, 0.15) is 40.8 Å². The maximum Gasteiger partial charge on any atom is 0.126 e. The number of hydrogen-bond donors (Lipinski definition) is 1. The van der Waals surface area contributed by atoms with Crippen molar-refractivity contribution in [3.8, 4) is 5.75 Å². The van der Waals surface area contributed by atoms with E-state index in [2.05, 4.69) is 26.0 Å². The van der Waals surface area contributed by atoms with Gasteiger partial charge >= 0.3 is 0 Å². The van der Waals surface area contributed by atoms with E-state index in [1.54, 1.807) is 6.07 Å². The summed E-state index contributed by atoms with van der Waals surface area (Å²) in [7, 11) is 0. The fourth-order valence-electron chi connectivity index (χ4n) is 2.99. The maximum absolute atomic E-state index is 13.3. The van der Waals surface area contributed by atoms with Crippen molar-refractivity contribution in [3.63, 3.8) is 0 Å². The lowest BCUT2D eigenvalue weighted by Gasteiger charge is -2.32. The molecule has 0 saturated carbocycles. The van der Waals surface area contributed by atoms with Gasteiger partial charge in [0.1, 0.15) is 17.7 Å². The van der Waals surface area contributed by atoms with Crippen molar-refractivity contribution in [2.24, 2.45) is 5.73 Å². The molecule has 3 rings (SSSR count). The zero-order valence-electron chi connectivity index (χ0n) is 11.7. The predicted molar refractivity (Wildman–Crippen MR) is 77.2 cm³/mol. The molecule has 20 heavy (non-hydrogen) atoms. The third-order valence-electron chi connectivity index (χ3n) is 3.97. The first-order valence-corrected chi connectivity index (χ1v) is 6.84. The highest BCUT2D eigenvalue weighted by atomic mass is 19.1. The van der Waals surface area contributed by atoms with Crippen molar-refractivity contribution in [2.75, 3.05) is 0 Å². The van der Waals surface area contributed by atoms with E-state index in [0.29, 0.717) is 12.2 Å². The van der Waals surface area contributed by atoms with Crippen molar-refractivity contribution in [1.29, 1.82) is 0 Å². The first-order valence-electron chi connectivity index (χ1n) is 6.84. The molecule has 0 bridgehead atoms. The molecule has 2 aromatic carbocycles. The van der Waals surface area contributed by atoms with E-state index in [-0.39, 0.29) is 18.0 Å². The van der Waals surface area contributed by atoms with Gasteiger partial charge in [-0.05, 0) is 48.7 Å². The Hall–Kier alpha value is -1.87. The number of hydrogen-bond acceptors (Lipinski definition) is 2. The second-order valence-corrected chi connectivity index (χ2v) is 5.44. The van der Waals surface area contributed by atoms with Crippen LogP contribution in [0.15, 0.2) is 36.4 Å². The monoisotopic (exact) mass is 271 g/mol. The zero-order chi connectivity index (χ0) is 14.3. The molecule has 0 fully saturated rings. The molecule has 3 heteroatoms. The smallest absolute Gasteiger partial charge is 0.126 e. The van der Waals surface area contributed by atoms with Crippen molar-refractivity contribution in [3.05, 3.63) is 64.5 Å². The van der Waals surface area contributed by atoms with Gasteiger partial charge in [0.15, 0.2) is 0 Å². The Morgan fingerprint density at radius 1 is 1.15 bits per heavy atom. The minimum atomic E-state index is -0.270. The van der Waals surface area contributed by atoms with Crippen LogP contribution in [0.5, 0.6) is 5.75 Å². The minimum absolute atomic E-state index is 0.0656. The van der Waals surface area contributed by atoms with E-state index in [1.165, 1.54) is 28.8 Å². The zero-order valence-corrected chi connectivity index (χ0v) is 11.7. The van der Waals surface area contributed by atoms with E-state index >= 15 is 0 Å². The van der Waals surface area contributed by atoms with E-state index in [0.717, 1.165) is 5.56 Å². The molecule has 2 aromatic rings. The van der Waals surface area contributed by atoms with Gasteiger partial charge in [0.25, 0.3) is 0 Å². The average Bonchev–Trinajstić information content (AvgIpc) is 2.39. The lowest BCUT2D eigenvalue weighted by molar-refractivity contribution is 0.160. The molecular formula is C17H18FNO. The van der Waals surface area contributed by atoms with E-state index < -0.39 is 0 Å². The highest BCUT2D eigenvalue weighted by Gasteiger charge is 2.29. The molecule has 0 amide bonds. The minimum Gasteiger partial charge on any atom is -0.485 e. The summed E-state index contributed by atoms with van der Waals surface area (Å²) >= 11 is 0. The molecule has 0 radical (unpaired) electrons. The molecule has 1 aliphatic heterocycles. The van der Waals surface area contributed by atoms with Crippen molar-refractivity contribution < 1.29 is 9.13 Å². The Bertz CT molecular complexity index is 633. The van der Waals surface area contributed by atoms with Crippen molar-refractivity contribution >= 4 is 0 Å². The second kappa shape index (κ2) is 4.91. The third-order valence-corrected chi connectivity index (χ3v) is 3.97. The van der Waals surface area contributed by atoms with Crippen LogP contribution >= 0.6 is 0 Å². The fraction of sp³-hybridized carbons (Fsp3) is 0.294. The van der Waals surface area contributed by atoms with E-state index in [1.807, 2.05) is 6.07 Å². The van der Waals surface area contributed by atoms with Gasteiger partial charge in [-0.15, -0.1) is 0 Å². The maximum atomic E-state index is 13.3. The molecule has 1 unspecified atom stereocenters. The number of aryl methyl sites for hydroxylation is 2. The van der Waals surface area contributed by atoms with Gasteiger partial charge in [0.05, 0.1) is 0 Å². The largest absolute Gasteiger partial charge is 0.485 e. The van der Waals surface area contributed by atoms with Crippen LogP contribution in [0, 0.1) is 19.7 Å². The molecule has 0 spiro atoms. The van der Waals surface area contributed by atoms with Gasteiger partial charge in [0.2, 0.25) is 0 Å². The van der Waals surface area contributed by atoms with E-state index in [4.69, 9.17) is 10.5 Å². The number of nitrogens with two attached hydrogens (primary N) is 1. The fourth-order valence-corrected chi connectivity index (χ4v) is 2.99. The standard InChI is InChI=1S/C17H18FNO/c1-10-4-3-5-11(2)17(10)16-9-14(19)13-8-12(18)6-7-15(13)20-16/h3-8,14,16H,9,19H2,1-2H3/t14-,16?/m1/s1. The molecule has 0 aliphatic carbocycles. The summed E-state index contributed by atoms with van der Waals surface area (Å²) in [4.78, 5) is 0. The van der Waals surface area contributed by atoms with Crippen LogP contribution in [-0.4, -0.2) is 0 Å². The Morgan fingerprint density at radius 2 is 1.85 bits per heavy atom. The predicted octanol–water partition coefficient (Wildman–Crippen LogP) is 3.97. The Kier molecular flexibility index (Phi) is 3.22. The van der Waals surface area contributed by atoms with Gasteiger partial charge in [-0.2, -0.15) is 0 Å². The van der Waals surface area contributed by atoms with E-state index in [9.17, 15) is 4.39 Å². The van der Waals surface area contributed by atoms with Crippen LogP contribution in [0.4, 0.5) is 4.39 Å². The summed E-state index contributed by atoms with van der Waals surface area (Å²) in [6.45, 7) is 4.16. The number of fused-ring (bicyclic) bond motifs is 1. The molecule has 1 aliphatic rings. The molecule has 0 saturated heterocycles. The summed E-state index contributed by atoms with van der Waals surface area (Å²) < 4.78 is 19.4. The van der Waals surface area contributed by atoms with Gasteiger partial charge in [-0.25, -0.2) is 4.39 Å². The quantitative estimate of drug-likeness (QED) is 0.852. The molecular weight excluding hydrogens is 253 g/mol. The molecule has 0 aromatic heterocycles. The van der Waals surface area contributed by atoms with Crippen LogP contribution in [0.25, 0.3) is 0 Å². The number of halogens is 1. The topological polar surface area (TPSA) is 35.2 Å². The van der Waals surface area contributed by atoms with Crippen LogP contribution in [0.3, 0.4) is 0 Å². The Labute approximate surface area is 118 Å². The highest BCUT2D eigenvalue weighted by molar-refractivity contribution is 5.42. The number of benzene rings is 2. The van der Waals surface area contributed by atoms with Gasteiger partial charge < -0.3 is 10.5 Å². The van der Waals surface area contributed by atoms with Crippen LogP contribution in [0.2, 0.25) is 0 Å². The SMILES string of the molecule is Cc1cccc(C)c1C1C[C@@H](N)c2cc(F)ccc2O1. The number of rotatable bonds is 1. The lowest BCUT2D eigenvalue weighted by atomic mass is 9.89. The third kappa shape index (κ3) is 2.18. The highest BCUT2D eigenvalue weighted by Crippen LogP contribution is 2.41. The summed E-state index contributed by atoms with van der Waals surface area (Å²) in [6.07, 6.45) is 0.603.